The minimum Gasteiger partial charge on any atom is -0.780 e. The highest BCUT2D eigenvalue weighted by atomic mass is 32.7. The van der Waals surface area contributed by atoms with Gasteiger partial charge in [0.1, 0.15) is 98.0 Å². The van der Waals surface area contributed by atoms with Crippen LogP contribution in [0.2, 0.25) is 0 Å². The number of hydrogen-bond donors (Lipinski definition) is 7. The standard InChI is InChI=1S/C57H73N14O29P4S4/c1-9-28-29(10-32(92-28)67-13-22(3)43(73)64-52(67)78)97-101(81,105)85-16-31-30(11-33(93-31)68-14-23(4)44(74)65-53(68)79)98-102(82,106)87-18-57-27(8)91-37(49(96-57)71-20-60-34-42(71)62-50(59)63-46(34)76)40(57)100-104(84,108)88-19-56-26(7)90-36(48(95-56)70-15-24(5)45(75)66-54(70)80)39(56)99-103(83,107)86-17-55-25(6)89-35(38(55)72)47(94-55)69-12-21(2)41(58)61-51(69)77/h12-15,20,25-33,35-40,47-49,72H,7,9-11,16-19H2,1-6,8H3,(H,81,105)(H,82,106)(H,83,107)(H,84,108)(H2,58,61,77)(H,64,73,78)(H,65,74,79)(H,66,75,80)(H3,59,62,63,76)/q-1/p-4/t25-,26-,27-,28+,29+,30+,31+,32+,33+,35?,36?,37?,38+,39+,40+,47+,48+,49+,55-,56-,57-,101?,102?,103?,104?/m0/s1. The molecule has 8 saturated heterocycles. The monoisotopic (exact) mass is 1670 g/mol. The van der Waals surface area contributed by atoms with E-state index in [2.05, 4.69) is 41.8 Å². The number of hydrogen-bond acceptors (Lipinski definition) is 38. The highest BCUT2D eigenvalue weighted by molar-refractivity contribution is 8.32. The summed E-state index contributed by atoms with van der Waals surface area (Å²) in [6, 6.07) is 0. The number of ether oxygens (including phenoxy) is 8. The van der Waals surface area contributed by atoms with E-state index in [0.717, 1.165) is 30.8 Å². The van der Waals surface area contributed by atoms with Crippen LogP contribution in [0.25, 0.3) is 11.2 Å². The summed E-state index contributed by atoms with van der Waals surface area (Å²) in [5.74, 6) is -0.413. The van der Waals surface area contributed by atoms with Crippen LogP contribution in [0.4, 0.5) is 11.8 Å². The lowest BCUT2D eigenvalue weighted by molar-refractivity contribution is -0.243. The van der Waals surface area contributed by atoms with Crippen molar-refractivity contribution in [3.63, 3.8) is 0 Å². The molecule has 0 spiro atoms. The minimum absolute atomic E-state index is 0.00794. The van der Waals surface area contributed by atoms with Gasteiger partial charge in [-0.05, 0) is 54.1 Å². The van der Waals surface area contributed by atoms with E-state index in [1.54, 1.807) is 13.8 Å². The van der Waals surface area contributed by atoms with Gasteiger partial charge in [0, 0.05) is 59.9 Å². The van der Waals surface area contributed by atoms with E-state index < -0.39 is 232 Å². The SMILES string of the molecule is [CH2-][C@@H]1OC2[C@H](n3cc(C)c(=O)[nH]c3=O)O[C@]1(COP([O-])(=S)O[C@@H]1C3O[C@@H](C)[C@]1(COP(=O)([S-])O[C@@H]1C[C@H](n4cc(C)c(=O)[nH]c4=O)O[C@@H]1COP([O-])(=S)O[C@@H]1C[C@H](n4cc(C)c(=O)[nH]c4=O)O[C@@H]1CC)O[C@H]3n1cnc3c(=O)[nH]c(N)nc31)[C@@H]2OP([O-])(=S)OC[C@]12O[C@@H](n3cc(C)c(N)nc3=O)C(O[C@H]1C)[C@H]2O. The molecule has 43 nitrogen and oxygen atoms in total. The fraction of sp³-hybridized carbons (Fsp3) is 0.614. The van der Waals surface area contributed by atoms with Crippen LogP contribution in [0.5, 0.6) is 0 Å². The number of aromatic nitrogens is 12. The van der Waals surface area contributed by atoms with E-state index in [1.807, 2.05) is 0 Å². The smallest absolute Gasteiger partial charge is 0.351 e. The summed E-state index contributed by atoms with van der Waals surface area (Å²) in [5.41, 5.74) is -0.663. The molecule has 0 saturated carbocycles. The lowest BCUT2D eigenvalue weighted by Crippen LogP contribution is -2.52. The third kappa shape index (κ3) is 14.4. The molecule has 0 aromatic carbocycles. The molecule has 7 unspecified atom stereocenters. The molecule has 14 heterocycles. The Kier molecular flexibility index (Phi) is 21.2. The van der Waals surface area contributed by atoms with Gasteiger partial charge in [-0.15, -0.1) is 0 Å². The van der Waals surface area contributed by atoms with Gasteiger partial charge in [-0.3, -0.25) is 66.5 Å². The number of H-pyrrole nitrogens is 4. The minimum atomic E-state index is -5.20. The highest BCUT2D eigenvalue weighted by Gasteiger charge is 2.70. The van der Waals surface area contributed by atoms with Gasteiger partial charge in [0.05, 0.1) is 63.3 Å². The second-order valence-corrected chi connectivity index (χ2v) is 37.8. The fourth-order valence-electron chi connectivity index (χ4n) is 14.5. The molecular weight excluding hydrogens is 1600 g/mol. The lowest BCUT2D eigenvalue weighted by Gasteiger charge is -2.44. The first-order valence-corrected chi connectivity index (χ1v) is 43.3. The predicted octanol–water partition coefficient (Wildman–Crippen LogP) is -3.23. The second-order valence-electron chi connectivity index (χ2n) is 27.0. The van der Waals surface area contributed by atoms with Crippen LogP contribution in [0, 0.1) is 34.6 Å². The maximum Gasteiger partial charge on any atom is 0.351 e. The van der Waals surface area contributed by atoms with Gasteiger partial charge in [0.15, 0.2) is 36.6 Å². The van der Waals surface area contributed by atoms with E-state index >= 15 is 4.89 Å². The molecule has 51 heteroatoms. The molecule has 0 amide bonds. The zero-order valence-corrected chi connectivity index (χ0v) is 64.3. The number of aliphatic hydroxyl groups excluding tert-OH is 1. The quantitative estimate of drug-likeness (QED) is 0.0159. The zero-order valence-electron chi connectivity index (χ0n) is 57.5. The molecule has 8 aliphatic rings. The Morgan fingerprint density at radius 2 is 1.07 bits per heavy atom. The first-order valence-electron chi connectivity index (χ1n) is 33.1. The van der Waals surface area contributed by atoms with Crippen LogP contribution in [-0.4, -0.2) is 185 Å². The molecule has 25 atom stereocenters. The number of nitrogens with two attached hydrogens (primary N) is 2. The largest absolute Gasteiger partial charge is 0.780 e. The Labute approximate surface area is 627 Å². The van der Waals surface area contributed by atoms with E-state index in [1.165, 1.54) is 57.8 Å². The van der Waals surface area contributed by atoms with Crippen molar-refractivity contribution in [2.45, 2.75) is 195 Å². The van der Waals surface area contributed by atoms with Crippen LogP contribution in [0.15, 0.2) is 69.5 Å². The number of rotatable bonds is 26. The molecule has 14 rings (SSSR count). The van der Waals surface area contributed by atoms with Crippen molar-refractivity contribution in [1.29, 1.82) is 0 Å². The number of anilines is 2. The Morgan fingerprint density at radius 3 is 1.69 bits per heavy atom. The average molecular weight is 1670 g/mol. The lowest BCUT2D eigenvalue weighted by atomic mass is 9.94. The number of nitrogens with zero attached hydrogens (tertiary/aromatic N) is 8. The molecule has 6 aromatic heterocycles. The Morgan fingerprint density at radius 1 is 0.602 bits per heavy atom. The molecule has 6 aromatic rings. The van der Waals surface area contributed by atoms with Crippen molar-refractivity contribution >= 4 is 97.6 Å². The Balaban J connectivity index is 0.727. The van der Waals surface area contributed by atoms with E-state index in [-0.39, 0.29) is 52.5 Å². The van der Waals surface area contributed by atoms with Gasteiger partial charge >= 0.3 is 22.8 Å². The fourth-order valence-corrected chi connectivity index (χ4v) is 20.3. The van der Waals surface area contributed by atoms with E-state index in [0.29, 0.717) is 5.56 Å². The number of aliphatic hydroxyl groups is 1. The average Bonchev–Trinajstić information content (AvgIpc) is 1.56. The van der Waals surface area contributed by atoms with Crippen LogP contribution >= 0.6 is 27.0 Å². The normalized spacial score (nSPS) is 35.6. The molecule has 9 N–H and O–H groups in total. The number of fused-ring (bicyclic) bond motifs is 7. The topological polar surface area (TPSA) is 569 Å². The Hall–Kier alpha value is -5.40. The third-order valence-electron chi connectivity index (χ3n) is 20.2. The molecule has 0 aliphatic carbocycles. The summed E-state index contributed by atoms with van der Waals surface area (Å²) in [4.78, 5) is 169. The van der Waals surface area contributed by atoms with E-state index in [9.17, 15) is 57.8 Å². The summed E-state index contributed by atoms with van der Waals surface area (Å²) in [7, 11) is 0. The maximum absolute atomic E-state index is 15.3. The number of aryl methyl sites for hydroxylation is 4. The third-order valence-corrected chi connectivity index (χ3v) is 26.4. The van der Waals surface area contributed by atoms with Gasteiger partial charge in [-0.1, -0.05) is 42.3 Å². The number of imidazole rings is 1. The van der Waals surface area contributed by atoms with E-state index in [4.69, 9.17) is 133 Å². The van der Waals surface area contributed by atoms with Crippen LogP contribution in [-0.2, 0) is 126 Å². The molecular formula is C57H69N14O29P4S4-5. The van der Waals surface area contributed by atoms with Crippen molar-refractivity contribution in [3.05, 3.63) is 144 Å². The highest BCUT2D eigenvalue weighted by Crippen LogP contribution is 2.62. The molecule has 8 fully saturated rings. The summed E-state index contributed by atoms with van der Waals surface area (Å²) in [6.07, 6.45) is -18.8. The second kappa shape index (κ2) is 28.9. The predicted molar refractivity (Wildman–Crippen MR) is 374 cm³/mol. The number of aromatic amines is 4. The van der Waals surface area contributed by atoms with Crippen molar-refractivity contribution in [2.24, 2.45) is 0 Å². The Bertz CT molecular complexity index is 5310. The summed E-state index contributed by atoms with van der Waals surface area (Å²) < 4.78 is 119. The van der Waals surface area contributed by atoms with Crippen molar-refractivity contribution in [2.75, 3.05) is 37.9 Å². The van der Waals surface area contributed by atoms with Crippen LogP contribution < -0.4 is 71.1 Å². The summed E-state index contributed by atoms with van der Waals surface area (Å²) >= 11 is 22.1. The van der Waals surface area contributed by atoms with Gasteiger partial charge in [-0.2, -0.15) is 9.97 Å². The van der Waals surface area contributed by atoms with Gasteiger partial charge < -0.3 is 125 Å². The summed E-state index contributed by atoms with van der Waals surface area (Å²) in [6.45, 7) is -8.84. The molecule has 0 radical (unpaired) electrons. The van der Waals surface area contributed by atoms with Crippen molar-refractivity contribution in [3.8, 4) is 0 Å². The molecule has 8 aliphatic heterocycles. The molecule has 6 bridgehead atoms. The zero-order chi connectivity index (χ0) is 77.8. The molecule has 108 heavy (non-hydrogen) atoms. The van der Waals surface area contributed by atoms with Gasteiger partial charge in [0.2, 0.25) is 5.95 Å². The maximum atomic E-state index is 15.3. The molecule has 590 valence electrons. The van der Waals surface area contributed by atoms with Gasteiger partial charge in [0.25, 0.3) is 22.2 Å². The number of nitrogen functional groups attached to an aromatic ring is 2. The summed E-state index contributed by atoms with van der Waals surface area (Å²) in [5, 5.41) is 11.7. The van der Waals surface area contributed by atoms with Crippen LogP contribution in [0.3, 0.4) is 0 Å². The van der Waals surface area contributed by atoms with Gasteiger partial charge in [-0.25, -0.2) is 24.2 Å². The first kappa shape index (κ1) is 79.3. The van der Waals surface area contributed by atoms with Crippen molar-refractivity contribution in [1.82, 2.24) is 57.7 Å². The van der Waals surface area contributed by atoms with Crippen LogP contribution in [0.1, 0.15) is 93.4 Å². The number of nitrogens with one attached hydrogen (secondary N) is 4. The first-order chi connectivity index (χ1) is 50.7. The van der Waals surface area contributed by atoms with Crippen molar-refractivity contribution < 1.29 is 98.4 Å².